The predicted octanol–water partition coefficient (Wildman–Crippen LogP) is 2.46. The highest BCUT2D eigenvalue weighted by atomic mass is 32.2. The average Bonchev–Trinajstić information content (AvgIpc) is 3.69. The number of nitrogens with one attached hydrogen (secondary N) is 1. The number of nitrogens with zero attached hydrogens (tertiary/aromatic N) is 4. The van der Waals surface area contributed by atoms with E-state index in [9.17, 15) is 23.2 Å². The van der Waals surface area contributed by atoms with Gasteiger partial charge in [-0.2, -0.15) is 23.5 Å². The van der Waals surface area contributed by atoms with Gasteiger partial charge >= 0.3 is 12.2 Å². The van der Waals surface area contributed by atoms with Gasteiger partial charge in [0.15, 0.2) is 5.78 Å². The number of halogens is 2. The standard InChI is InChI=1S/C18H22FN3O4S.C15H18FN3O3S.C3H4O2/c19-12-5-14-16(6-13(12)21-1-3-27-4-2-21)25-10-15-17(26-18(23)22(14)15)7-20-11-8-24-9-11;16-9-5-11-13(6-10(9)18-1-3-23-4-2-18)21-8-12-14(7-17)22-15(20)19(11)12;4-3-1-5-2-3/h5-6,11,15,17,20H,1-4,7-10H2;5-6,12,14H,1-4,7-8,17H2;1-2H2/t15-,17-;12-,14-;/m00./s1. The summed E-state index contributed by atoms with van der Waals surface area (Å²) < 4.78 is 61.6. The molecule has 2 aromatic carbocycles. The molecule has 0 spiro atoms. The van der Waals surface area contributed by atoms with Crippen molar-refractivity contribution < 1.29 is 51.6 Å². The highest BCUT2D eigenvalue weighted by molar-refractivity contribution is 7.99. The number of carbonyl (C=O) groups excluding carboxylic acids is 3. The SMILES string of the molecule is NC[C@@H]1OC(=O)N2c3cc(F)c(N4CCSCC4)cc3OC[C@@H]12.O=C1COC1.O=C1O[C@@H](CNC2COC2)[C@@H]2COc3cc(N4CCSCC4)c(F)cc3N12. The number of ketones is 1. The minimum Gasteiger partial charge on any atom is -0.489 e. The number of hydrogen-bond donors (Lipinski definition) is 2. The summed E-state index contributed by atoms with van der Waals surface area (Å²) in [5, 5.41) is 3.33. The second-order valence-electron chi connectivity index (χ2n) is 14.0. The highest BCUT2D eigenvalue weighted by Crippen LogP contribution is 2.44. The lowest BCUT2D eigenvalue weighted by atomic mass is 10.1. The lowest BCUT2D eigenvalue weighted by Crippen LogP contribution is -2.52. The fourth-order valence-electron chi connectivity index (χ4n) is 7.37. The zero-order valence-corrected chi connectivity index (χ0v) is 31.8. The smallest absolute Gasteiger partial charge is 0.415 e. The summed E-state index contributed by atoms with van der Waals surface area (Å²) in [6.45, 7) is 6.70. The van der Waals surface area contributed by atoms with Crippen LogP contribution < -0.4 is 40.1 Å². The van der Waals surface area contributed by atoms with Crippen LogP contribution in [0.2, 0.25) is 0 Å². The number of nitrogens with two attached hydrogens (primary N) is 1. The third-order valence-electron chi connectivity index (χ3n) is 10.5. The van der Waals surface area contributed by atoms with Crippen molar-refractivity contribution in [3.8, 4) is 11.5 Å². The van der Waals surface area contributed by atoms with E-state index in [0.717, 1.165) is 49.2 Å². The van der Waals surface area contributed by atoms with Gasteiger partial charge < -0.3 is 49.3 Å². The number of hydrogen-bond acceptors (Lipinski definition) is 15. The molecule has 0 bridgehead atoms. The second kappa shape index (κ2) is 16.8. The molecule has 0 radical (unpaired) electrons. The first-order valence-electron chi connectivity index (χ1n) is 18.5. The molecule has 8 aliphatic rings. The molecular formula is C36H44F2N6O9S2. The van der Waals surface area contributed by atoms with Crippen molar-refractivity contribution in [1.82, 2.24) is 5.32 Å². The molecule has 6 saturated heterocycles. The maximum atomic E-state index is 14.8. The summed E-state index contributed by atoms with van der Waals surface area (Å²) in [6, 6.07) is 5.96. The predicted molar refractivity (Wildman–Crippen MR) is 203 cm³/mol. The van der Waals surface area contributed by atoms with Crippen LogP contribution in [0, 0.1) is 11.6 Å². The molecule has 2 amide bonds. The number of fused-ring (bicyclic) bond motifs is 6. The molecule has 6 fully saturated rings. The van der Waals surface area contributed by atoms with E-state index in [-0.39, 0.29) is 42.2 Å². The topological polar surface area (TPSA) is 158 Å². The molecule has 55 heavy (non-hydrogen) atoms. The summed E-state index contributed by atoms with van der Waals surface area (Å²) in [5.41, 5.74) is 7.59. The van der Waals surface area contributed by atoms with E-state index in [1.54, 1.807) is 17.0 Å². The molecule has 2 aromatic rings. The number of thioether (sulfide) groups is 2. The molecule has 0 unspecified atom stereocenters. The second-order valence-corrected chi connectivity index (χ2v) is 16.4. The maximum Gasteiger partial charge on any atom is 0.415 e. The monoisotopic (exact) mass is 806 g/mol. The van der Waals surface area contributed by atoms with E-state index in [0.29, 0.717) is 86.5 Å². The molecule has 3 N–H and O–H groups in total. The third kappa shape index (κ3) is 7.96. The summed E-state index contributed by atoms with van der Waals surface area (Å²) in [6.07, 6.45) is -1.68. The lowest BCUT2D eigenvalue weighted by Gasteiger charge is -2.34. The van der Waals surface area contributed by atoms with Crippen molar-refractivity contribution in [2.24, 2.45) is 5.73 Å². The first kappa shape index (κ1) is 38.1. The van der Waals surface area contributed by atoms with E-state index in [4.69, 9.17) is 29.4 Å². The van der Waals surface area contributed by atoms with Crippen LogP contribution in [0.15, 0.2) is 24.3 Å². The van der Waals surface area contributed by atoms with Gasteiger partial charge in [0.25, 0.3) is 0 Å². The fraction of sp³-hybridized carbons (Fsp3) is 0.583. The van der Waals surface area contributed by atoms with Crippen molar-refractivity contribution >= 4 is 64.2 Å². The molecule has 10 rings (SSSR count). The maximum absolute atomic E-state index is 14.8. The number of benzene rings is 2. The molecule has 0 aliphatic carbocycles. The summed E-state index contributed by atoms with van der Waals surface area (Å²) in [4.78, 5) is 41.4. The Morgan fingerprint density at radius 1 is 0.673 bits per heavy atom. The summed E-state index contributed by atoms with van der Waals surface area (Å²) in [5.74, 6) is 4.53. The normalized spacial score (nSPS) is 26.6. The molecule has 298 valence electrons. The van der Waals surface area contributed by atoms with E-state index in [2.05, 4.69) is 10.1 Å². The van der Waals surface area contributed by atoms with Gasteiger partial charge in [-0.25, -0.2) is 18.4 Å². The summed E-state index contributed by atoms with van der Waals surface area (Å²) >= 11 is 3.74. The molecule has 4 atom stereocenters. The Morgan fingerprint density at radius 3 is 1.56 bits per heavy atom. The van der Waals surface area contributed by atoms with Gasteiger partial charge in [0.1, 0.15) is 73.9 Å². The van der Waals surface area contributed by atoms with Crippen LogP contribution in [-0.2, 0) is 23.7 Å². The molecule has 15 nitrogen and oxygen atoms in total. The van der Waals surface area contributed by atoms with E-state index in [1.165, 1.54) is 17.0 Å². The van der Waals surface area contributed by atoms with Crippen molar-refractivity contribution in [2.75, 3.05) is 122 Å². The lowest BCUT2D eigenvalue weighted by molar-refractivity contribution is -0.140. The number of amides is 2. The van der Waals surface area contributed by atoms with Crippen LogP contribution in [0.3, 0.4) is 0 Å². The van der Waals surface area contributed by atoms with Crippen LogP contribution in [0.5, 0.6) is 11.5 Å². The zero-order chi connectivity index (χ0) is 38.1. The number of cyclic esters (lactones) is 2. The average molecular weight is 807 g/mol. The Labute approximate surface area is 325 Å². The first-order chi connectivity index (χ1) is 26.8. The highest BCUT2D eigenvalue weighted by Gasteiger charge is 2.48. The van der Waals surface area contributed by atoms with Gasteiger partial charge in [0.05, 0.1) is 42.0 Å². The van der Waals surface area contributed by atoms with Crippen molar-refractivity contribution in [3.05, 3.63) is 35.9 Å². The van der Waals surface area contributed by atoms with Gasteiger partial charge in [-0.1, -0.05) is 0 Å². The van der Waals surface area contributed by atoms with E-state index < -0.39 is 18.3 Å². The van der Waals surface area contributed by atoms with Crippen LogP contribution in [0.1, 0.15) is 0 Å². The summed E-state index contributed by atoms with van der Waals surface area (Å²) in [7, 11) is 0. The van der Waals surface area contributed by atoms with Gasteiger partial charge in [-0.3, -0.25) is 14.6 Å². The number of ether oxygens (including phenoxy) is 6. The number of anilines is 4. The fourth-order valence-corrected chi connectivity index (χ4v) is 9.18. The minimum absolute atomic E-state index is 0.213. The number of rotatable bonds is 6. The first-order valence-corrected chi connectivity index (χ1v) is 20.8. The van der Waals surface area contributed by atoms with Crippen molar-refractivity contribution in [3.63, 3.8) is 0 Å². The molecular weight excluding hydrogens is 763 g/mol. The largest absolute Gasteiger partial charge is 0.489 e. The number of Topliss-reactive ketones (excluding diaryl/α,β-unsaturated/α-hetero) is 1. The van der Waals surface area contributed by atoms with Gasteiger partial charge in [0.2, 0.25) is 0 Å². The van der Waals surface area contributed by atoms with Crippen molar-refractivity contribution in [1.29, 1.82) is 0 Å². The van der Waals surface area contributed by atoms with Gasteiger partial charge in [-0.05, 0) is 0 Å². The number of carbonyl (C=O) groups is 3. The third-order valence-corrected chi connectivity index (χ3v) is 12.4. The Hall–Kier alpha value is -3.75. The zero-order valence-electron chi connectivity index (χ0n) is 30.1. The molecule has 8 aliphatic heterocycles. The van der Waals surface area contributed by atoms with E-state index >= 15 is 0 Å². The Morgan fingerprint density at radius 2 is 1.15 bits per heavy atom. The minimum atomic E-state index is -0.489. The Kier molecular flexibility index (Phi) is 11.6. The quantitative estimate of drug-likeness (QED) is 0.439. The van der Waals surface area contributed by atoms with Crippen molar-refractivity contribution in [2.45, 2.75) is 30.3 Å². The van der Waals surface area contributed by atoms with Crippen LogP contribution >= 0.6 is 23.5 Å². The van der Waals surface area contributed by atoms with Crippen LogP contribution in [-0.4, -0.2) is 150 Å². The Balaban J connectivity index is 0.000000139. The van der Waals surface area contributed by atoms with E-state index in [1.807, 2.05) is 33.3 Å². The molecule has 0 aromatic heterocycles. The molecule has 19 heteroatoms. The molecule has 8 heterocycles. The van der Waals surface area contributed by atoms with Gasteiger partial charge in [-0.15, -0.1) is 0 Å². The van der Waals surface area contributed by atoms with Crippen LogP contribution in [0.25, 0.3) is 0 Å². The Bertz CT molecular complexity index is 1760. The molecule has 0 saturated carbocycles. The van der Waals surface area contributed by atoms with Gasteiger partial charge in [0, 0.05) is 86.5 Å². The van der Waals surface area contributed by atoms with Crippen LogP contribution in [0.4, 0.5) is 41.1 Å².